The molecule has 4 rings (SSSR count). The standard InChI is InChI=1S/C24H28ClFN2O2/c1-30-16-23(29)28-11-9-24(10-12-28)17-27(14-18-7-8-21(25)22(26)13-18)15-20(24)19-5-3-2-4-6-19/h2-8,13,20H,9-12,14-17H2,1H3. The van der Waals surface area contributed by atoms with Crippen molar-refractivity contribution >= 4 is 17.5 Å². The summed E-state index contributed by atoms with van der Waals surface area (Å²) in [5.74, 6) is 0.0956. The van der Waals surface area contributed by atoms with Crippen molar-refractivity contribution < 1.29 is 13.9 Å². The summed E-state index contributed by atoms with van der Waals surface area (Å²) in [6, 6.07) is 15.7. The molecule has 6 heteroatoms. The molecule has 2 aliphatic heterocycles. The van der Waals surface area contributed by atoms with Crippen LogP contribution in [0, 0.1) is 11.2 Å². The predicted octanol–water partition coefficient (Wildman–Crippen LogP) is 4.33. The van der Waals surface area contributed by atoms with E-state index in [1.807, 2.05) is 17.0 Å². The molecule has 160 valence electrons. The van der Waals surface area contributed by atoms with E-state index in [0.717, 1.165) is 44.6 Å². The molecule has 2 aromatic carbocycles. The summed E-state index contributed by atoms with van der Waals surface area (Å²) in [6.45, 7) is 4.24. The Labute approximate surface area is 182 Å². The number of methoxy groups -OCH3 is 1. The Morgan fingerprint density at radius 1 is 1.20 bits per heavy atom. The van der Waals surface area contributed by atoms with E-state index in [9.17, 15) is 9.18 Å². The molecular weight excluding hydrogens is 403 g/mol. The quantitative estimate of drug-likeness (QED) is 0.707. The highest BCUT2D eigenvalue weighted by atomic mass is 35.5. The summed E-state index contributed by atoms with van der Waals surface area (Å²) >= 11 is 5.85. The van der Waals surface area contributed by atoms with Gasteiger partial charge in [-0.2, -0.15) is 0 Å². The molecule has 0 N–H and O–H groups in total. The minimum Gasteiger partial charge on any atom is -0.375 e. The minimum atomic E-state index is -0.368. The predicted molar refractivity (Wildman–Crippen MR) is 116 cm³/mol. The van der Waals surface area contributed by atoms with Crippen LogP contribution in [0.5, 0.6) is 0 Å². The number of ether oxygens (including phenoxy) is 1. The number of benzene rings is 2. The van der Waals surface area contributed by atoms with Gasteiger partial charge in [-0.3, -0.25) is 9.69 Å². The van der Waals surface area contributed by atoms with Crippen molar-refractivity contribution in [2.24, 2.45) is 5.41 Å². The van der Waals surface area contributed by atoms with Crippen molar-refractivity contribution in [3.05, 3.63) is 70.5 Å². The Hall–Kier alpha value is -1.95. The largest absolute Gasteiger partial charge is 0.375 e. The van der Waals surface area contributed by atoms with E-state index in [1.165, 1.54) is 11.6 Å². The van der Waals surface area contributed by atoms with E-state index in [0.29, 0.717) is 12.5 Å². The molecule has 0 aliphatic carbocycles. The molecule has 2 saturated heterocycles. The van der Waals surface area contributed by atoms with Gasteiger partial charge in [0.1, 0.15) is 12.4 Å². The van der Waals surface area contributed by atoms with E-state index in [-0.39, 0.29) is 28.8 Å². The van der Waals surface area contributed by atoms with Gasteiger partial charge in [-0.25, -0.2) is 4.39 Å². The summed E-state index contributed by atoms with van der Waals surface area (Å²) in [4.78, 5) is 16.6. The topological polar surface area (TPSA) is 32.8 Å². The van der Waals surface area contributed by atoms with Crippen LogP contribution in [0.3, 0.4) is 0 Å². The van der Waals surface area contributed by atoms with Gasteiger partial charge < -0.3 is 9.64 Å². The molecule has 2 fully saturated rings. The fourth-order valence-corrected chi connectivity index (χ4v) is 5.27. The molecule has 30 heavy (non-hydrogen) atoms. The second-order valence-corrected chi connectivity index (χ2v) is 8.96. The highest BCUT2D eigenvalue weighted by Gasteiger charge is 2.48. The smallest absolute Gasteiger partial charge is 0.248 e. The van der Waals surface area contributed by atoms with E-state index >= 15 is 0 Å². The van der Waals surface area contributed by atoms with Crippen LogP contribution in [0.25, 0.3) is 0 Å². The zero-order valence-corrected chi connectivity index (χ0v) is 18.1. The second-order valence-electron chi connectivity index (χ2n) is 8.56. The number of carbonyl (C=O) groups is 1. The first-order valence-corrected chi connectivity index (χ1v) is 10.9. The lowest BCUT2D eigenvalue weighted by molar-refractivity contribution is -0.137. The van der Waals surface area contributed by atoms with Crippen molar-refractivity contribution in [3.8, 4) is 0 Å². The fraction of sp³-hybridized carbons (Fsp3) is 0.458. The fourth-order valence-electron chi connectivity index (χ4n) is 5.16. The number of nitrogens with zero attached hydrogens (tertiary/aromatic N) is 2. The van der Waals surface area contributed by atoms with Gasteiger partial charge in [0.25, 0.3) is 0 Å². The van der Waals surface area contributed by atoms with Gasteiger partial charge >= 0.3 is 0 Å². The maximum absolute atomic E-state index is 13.9. The minimum absolute atomic E-state index is 0.0649. The summed E-state index contributed by atoms with van der Waals surface area (Å²) in [6.07, 6.45) is 1.93. The van der Waals surface area contributed by atoms with Crippen LogP contribution in [-0.2, 0) is 16.1 Å². The number of hydrogen-bond donors (Lipinski definition) is 0. The second kappa shape index (κ2) is 9.04. The van der Waals surface area contributed by atoms with E-state index < -0.39 is 0 Å². The van der Waals surface area contributed by atoms with Crippen LogP contribution in [0.2, 0.25) is 5.02 Å². The highest BCUT2D eigenvalue weighted by Crippen LogP contribution is 2.50. The van der Waals surface area contributed by atoms with Crippen molar-refractivity contribution in [1.29, 1.82) is 0 Å². The van der Waals surface area contributed by atoms with Crippen molar-refractivity contribution in [2.75, 3.05) is 39.9 Å². The molecule has 0 bridgehead atoms. The van der Waals surface area contributed by atoms with Crippen molar-refractivity contribution in [3.63, 3.8) is 0 Å². The molecule has 1 spiro atoms. The average molecular weight is 431 g/mol. The number of amides is 1. The Morgan fingerprint density at radius 2 is 1.93 bits per heavy atom. The van der Waals surface area contributed by atoms with Gasteiger partial charge in [-0.1, -0.05) is 48.0 Å². The number of halogens is 2. The molecule has 0 aromatic heterocycles. The molecule has 2 heterocycles. The Morgan fingerprint density at radius 3 is 2.60 bits per heavy atom. The Bertz CT molecular complexity index is 884. The van der Waals surface area contributed by atoms with E-state index in [1.54, 1.807) is 13.2 Å². The van der Waals surface area contributed by atoms with Crippen LogP contribution in [-0.4, -0.2) is 55.6 Å². The Kier molecular flexibility index (Phi) is 6.42. The van der Waals surface area contributed by atoms with E-state index in [4.69, 9.17) is 16.3 Å². The maximum atomic E-state index is 13.9. The van der Waals surface area contributed by atoms with Crippen LogP contribution in [0.4, 0.5) is 4.39 Å². The lowest BCUT2D eigenvalue weighted by Crippen LogP contribution is -2.47. The number of rotatable bonds is 5. The van der Waals surface area contributed by atoms with Gasteiger partial charge in [-0.05, 0) is 41.5 Å². The summed E-state index contributed by atoms with van der Waals surface area (Å²) in [5, 5.41) is 0.159. The molecule has 1 amide bonds. The van der Waals surface area contributed by atoms with Crippen molar-refractivity contribution in [2.45, 2.75) is 25.3 Å². The molecule has 0 radical (unpaired) electrons. The third-order valence-corrected chi connectivity index (χ3v) is 7.00. The first-order valence-electron chi connectivity index (χ1n) is 10.5. The van der Waals surface area contributed by atoms with Gasteiger partial charge in [-0.15, -0.1) is 0 Å². The number of hydrogen-bond acceptors (Lipinski definition) is 3. The molecule has 4 nitrogen and oxygen atoms in total. The monoisotopic (exact) mass is 430 g/mol. The average Bonchev–Trinajstić information content (AvgIpc) is 3.09. The highest BCUT2D eigenvalue weighted by molar-refractivity contribution is 6.30. The lowest BCUT2D eigenvalue weighted by atomic mass is 9.68. The zero-order valence-electron chi connectivity index (χ0n) is 17.3. The van der Waals surface area contributed by atoms with Gasteiger partial charge in [0.05, 0.1) is 5.02 Å². The van der Waals surface area contributed by atoms with E-state index in [2.05, 4.69) is 29.2 Å². The number of carbonyl (C=O) groups excluding carboxylic acids is 1. The van der Waals surface area contributed by atoms with Gasteiger partial charge in [0.2, 0.25) is 5.91 Å². The third-order valence-electron chi connectivity index (χ3n) is 6.69. The summed E-state index contributed by atoms with van der Waals surface area (Å²) in [5.41, 5.74) is 2.41. The molecule has 1 unspecified atom stereocenters. The normalized spacial score (nSPS) is 21.3. The third kappa shape index (κ3) is 4.39. The number of piperidine rings is 1. The molecule has 2 aromatic rings. The van der Waals surface area contributed by atoms with Crippen LogP contribution >= 0.6 is 11.6 Å². The number of likely N-dealkylation sites (tertiary alicyclic amines) is 2. The van der Waals surface area contributed by atoms with Crippen LogP contribution in [0.15, 0.2) is 48.5 Å². The van der Waals surface area contributed by atoms with Gasteiger partial charge in [0, 0.05) is 45.8 Å². The maximum Gasteiger partial charge on any atom is 0.248 e. The lowest BCUT2D eigenvalue weighted by Gasteiger charge is -2.43. The van der Waals surface area contributed by atoms with Crippen LogP contribution < -0.4 is 0 Å². The molecule has 1 atom stereocenters. The van der Waals surface area contributed by atoms with Crippen LogP contribution in [0.1, 0.15) is 29.9 Å². The summed E-state index contributed by atoms with van der Waals surface area (Å²) in [7, 11) is 1.56. The first kappa shape index (κ1) is 21.3. The first-order chi connectivity index (χ1) is 14.5. The molecule has 0 saturated carbocycles. The molecule has 2 aliphatic rings. The van der Waals surface area contributed by atoms with Gasteiger partial charge in [0.15, 0.2) is 0 Å². The summed E-state index contributed by atoms with van der Waals surface area (Å²) < 4.78 is 19.0. The molecular formula is C24H28ClFN2O2. The Balaban J connectivity index is 1.53. The van der Waals surface area contributed by atoms with Crippen molar-refractivity contribution in [1.82, 2.24) is 9.80 Å². The zero-order chi connectivity index (χ0) is 21.1. The SMILES string of the molecule is COCC(=O)N1CCC2(CC1)CN(Cc1ccc(Cl)c(F)c1)CC2c1ccccc1.